The quantitative estimate of drug-likeness (QED) is 0.546. The molecule has 7 nitrogen and oxygen atoms in total. The summed E-state index contributed by atoms with van der Waals surface area (Å²) >= 11 is 0. The number of methoxy groups -OCH3 is 1. The van der Waals surface area contributed by atoms with Crippen molar-refractivity contribution in [1.82, 2.24) is 4.90 Å². The average Bonchev–Trinajstić information content (AvgIpc) is 3.37. The normalized spacial score (nSPS) is 21.6. The Morgan fingerprint density at radius 2 is 1.75 bits per heavy atom. The van der Waals surface area contributed by atoms with Crippen LogP contribution in [0.25, 0.3) is 0 Å². The molecule has 2 aliphatic carbocycles. The molecule has 1 N–H and O–H groups in total. The third-order valence-electron chi connectivity index (χ3n) is 8.19. The Kier molecular flexibility index (Phi) is 7.08. The van der Waals surface area contributed by atoms with Gasteiger partial charge in [0.05, 0.1) is 19.3 Å². The lowest BCUT2D eigenvalue weighted by Crippen LogP contribution is -2.62. The maximum Gasteiger partial charge on any atom is 0.319 e. The number of piperazine rings is 1. The highest BCUT2D eigenvalue weighted by atomic mass is 16.5. The molecule has 1 saturated heterocycles. The van der Waals surface area contributed by atoms with Crippen LogP contribution in [0.4, 0.5) is 5.69 Å². The monoisotopic (exact) mass is 492 g/mol. The molecule has 1 aliphatic heterocycles. The summed E-state index contributed by atoms with van der Waals surface area (Å²) in [5.41, 5.74) is 0.921. The molecule has 2 aromatic carbocycles. The number of carbonyl (C=O) groups excluding carboxylic acids is 1. The standard InChI is InChI=1S/C29H36N2O5/c1-35-25-13-12-22(19-26(25)36-24-10-5-6-11-24)30-16-17-31(27(32)29(28(33)34)14-7-15-29)23(20-30)18-21-8-3-2-4-9-21/h2-4,8-9,12-13,19,23-24H,5-7,10-11,14-18,20H2,1H3,(H,33,34)/t23-/m0/s1. The number of carboxylic acids is 1. The number of aliphatic carboxylic acids is 1. The van der Waals surface area contributed by atoms with E-state index in [4.69, 9.17) is 9.47 Å². The van der Waals surface area contributed by atoms with Gasteiger partial charge in [-0.15, -0.1) is 0 Å². The molecule has 1 amide bonds. The SMILES string of the molecule is COc1ccc(N2CCN(C(=O)C3(C(=O)O)CCC3)[C@@H](Cc3ccccc3)C2)cc1OC1CCCC1. The minimum atomic E-state index is -1.25. The second-order valence-electron chi connectivity index (χ2n) is 10.4. The van der Waals surface area contributed by atoms with E-state index < -0.39 is 11.4 Å². The van der Waals surface area contributed by atoms with Crippen LogP contribution in [0.3, 0.4) is 0 Å². The van der Waals surface area contributed by atoms with Crippen LogP contribution in [0.1, 0.15) is 50.5 Å². The van der Waals surface area contributed by atoms with Crippen LogP contribution in [0, 0.1) is 5.41 Å². The van der Waals surface area contributed by atoms with Crippen molar-refractivity contribution in [2.75, 3.05) is 31.6 Å². The van der Waals surface area contributed by atoms with E-state index in [1.807, 2.05) is 35.2 Å². The van der Waals surface area contributed by atoms with E-state index >= 15 is 0 Å². The molecule has 1 heterocycles. The molecule has 3 aliphatic rings. The fourth-order valence-electron chi connectivity index (χ4n) is 5.88. The van der Waals surface area contributed by atoms with Crippen LogP contribution in [0.5, 0.6) is 11.5 Å². The summed E-state index contributed by atoms with van der Waals surface area (Å²) in [7, 11) is 1.66. The molecule has 7 heteroatoms. The van der Waals surface area contributed by atoms with E-state index in [9.17, 15) is 14.7 Å². The highest BCUT2D eigenvalue weighted by Crippen LogP contribution is 2.44. The molecule has 36 heavy (non-hydrogen) atoms. The van der Waals surface area contributed by atoms with Crippen molar-refractivity contribution in [3.63, 3.8) is 0 Å². The Morgan fingerprint density at radius 1 is 1.00 bits per heavy atom. The summed E-state index contributed by atoms with van der Waals surface area (Å²) in [5, 5.41) is 9.90. The third kappa shape index (κ3) is 4.75. The molecule has 5 rings (SSSR count). The number of carbonyl (C=O) groups is 2. The van der Waals surface area contributed by atoms with Gasteiger partial charge in [-0.25, -0.2) is 0 Å². The number of benzene rings is 2. The number of rotatable bonds is 8. The zero-order valence-corrected chi connectivity index (χ0v) is 21.0. The Bertz CT molecular complexity index is 1080. The van der Waals surface area contributed by atoms with Gasteiger partial charge in [-0.2, -0.15) is 0 Å². The van der Waals surface area contributed by atoms with Crippen molar-refractivity contribution in [1.29, 1.82) is 0 Å². The summed E-state index contributed by atoms with van der Waals surface area (Å²) in [4.78, 5) is 29.8. The third-order valence-corrected chi connectivity index (χ3v) is 8.19. The number of carboxylic acid groups (broad SMARTS) is 1. The Labute approximate surface area is 213 Å². The van der Waals surface area contributed by atoms with Crippen LogP contribution in [0.15, 0.2) is 48.5 Å². The molecule has 0 spiro atoms. The van der Waals surface area contributed by atoms with Crippen LogP contribution < -0.4 is 14.4 Å². The van der Waals surface area contributed by atoms with Crippen molar-refractivity contribution < 1.29 is 24.2 Å². The fraction of sp³-hybridized carbons (Fsp3) is 0.517. The van der Waals surface area contributed by atoms with E-state index in [1.165, 1.54) is 12.8 Å². The van der Waals surface area contributed by atoms with Gasteiger partial charge < -0.3 is 24.4 Å². The predicted molar refractivity (Wildman–Crippen MR) is 138 cm³/mol. The summed E-state index contributed by atoms with van der Waals surface area (Å²) in [5.74, 6) is 0.290. The number of hydrogen-bond donors (Lipinski definition) is 1. The molecule has 3 fully saturated rings. The zero-order valence-electron chi connectivity index (χ0n) is 21.0. The van der Waals surface area contributed by atoms with Crippen molar-refractivity contribution in [2.45, 2.75) is 63.5 Å². The summed E-state index contributed by atoms with van der Waals surface area (Å²) in [6.45, 7) is 1.77. The van der Waals surface area contributed by atoms with Gasteiger partial charge in [-0.05, 0) is 62.6 Å². The Morgan fingerprint density at radius 3 is 2.39 bits per heavy atom. The lowest BCUT2D eigenvalue weighted by Gasteiger charge is -2.47. The first-order chi connectivity index (χ1) is 17.5. The number of nitrogens with zero attached hydrogens (tertiary/aromatic N) is 2. The van der Waals surface area contributed by atoms with Gasteiger partial charge in [0.15, 0.2) is 11.5 Å². The van der Waals surface area contributed by atoms with E-state index in [-0.39, 0.29) is 18.1 Å². The van der Waals surface area contributed by atoms with E-state index in [2.05, 4.69) is 23.1 Å². The number of ether oxygens (including phenoxy) is 2. The number of anilines is 1. The van der Waals surface area contributed by atoms with Gasteiger partial charge in [-0.1, -0.05) is 36.8 Å². The first-order valence-corrected chi connectivity index (χ1v) is 13.2. The summed E-state index contributed by atoms with van der Waals surface area (Å²) in [6.07, 6.45) is 7.08. The molecule has 1 atom stereocenters. The molecular formula is C29H36N2O5. The van der Waals surface area contributed by atoms with E-state index in [0.29, 0.717) is 38.9 Å². The Hall–Kier alpha value is -3.22. The minimum absolute atomic E-state index is 0.119. The highest BCUT2D eigenvalue weighted by Gasteiger charge is 2.54. The van der Waals surface area contributed by atoms with Crippen LogP contribution >= 0.6 is 0 Å². The van der Waals surface area contributed by atoms with Gasteiger partial charge in [-0.3, -0.25) is 9.59 Å². The highest BCUT2D eigenvalue weighted by molar-refractivity contribution is 6.03. The number of amides is 1. The molecule has 2 aromatic rings. The molecule has 0 bridgehead atoms. The molecule has 0 aromatic heterocycles. The summed E-state index contributed by atoms with van der Waals surface area (Å²) < 4.78 is 11.9. The first kappa shape index (κ1) is 24.5. The maximum absolute atomic E-state index is 13.6. The second-order valence-corrected chi connectivity index (χ2v) is 10.4. The largest absolute Gasteiger partial charge is 0.493 e. The van der Waals surface area contributed by atoms with Gasteiger partial charge in [0, 0.05) is 31.4 Å². The Balaban J connectivity index is 1.39. The van der Waals surface area contributed by atoms with Crippen LogP contribution in [0.2, 0.25) is 0 Å². The lowest BCUT2D eigenvalue weighted by atomic mass is 9.67. The van der Waals surface area contributed by atoms with Gasteiger partial charge in [0.2, 0.25) is 5.91 Å². The fourth-order valence-corrected chi connectivity index (χ4v) is 5.88. The van der Waals surface area contributed by atoms with E-state index in [1.54, 1.807) is 7.11 Å². The topological polar surface area (TPSA) is 79.3 Å². The second kappa shape index (κ2) is 10.4. The predicted octanol–water partition coefficient (Wildman–Crippen LogP) is 4.53. The van der Waals surface area contributed by atoms with Gasteiger partial charge in [0.25, 0.3) is 0 Å². The van der Waals surface area contributed by atoms with Crippen molar-refractivity contribution in [3.8, 4) is 11.5 Å². The van der Waals surface area contributed by atoms with Crippen molar-refractivity contribution in [2.24, 2.45) is 5.41 Å². The van der Waals surface area contributed by atoms with Gasteiger partial charge in [0.1, 0.15) is 5.41 Å². The van der Waals surface area contributed by atoms with Crippen LogP contribution in [-0.2, 0) is 16.0 Å². The van der Waals surface area contributed by atoms with Crippen molar-refractivity contribution in [3.05, 3.63) is 54.1 Å². The maximum atomic E-state index is 13.6. The molecule has 0 unspecified atom stereocenters. The zero-order chi connectivity index (χ0) is 25.1. The van der Waals surface area contributed by atoms with Crippen molar-refractivity contribution >= 4 is 17.6 Å². The first-order valence-electron chi connectivity index (χ1n) is 13.2. The smallest absolute Gasteiger partial charge is 0.319 e. The summed E-state index contributed by atoms with van der Waals surface area (Å²) in [6, 6.07) is 16.1. The molecule has 0 radical (unpaired) electrons. The number of hydrogen-bond acceptors (Lipinski definition) is 5. The minimum Gasteiger partial charge on any atom is -0.493 e. The molecule has 192 valence electrons. The average molecular weight is 493 g/mol. The van der Waals surface area contributed by atoms with E-state index in [0.717, 1.165) is 42.0 Å². The lowest BCUT2D eigenvalue weighted by molar-refractivity contribution is -0.169. The molecular weight excluding hydrogens is 456 g/mol. The molecule has 2 saturated carbocycles. The van der Waals surface area contributed by atoms with Gasteiger partial charge >= 0.3 is 5.97 Å². The van der Waals surface area contributed by atoms with Crippen LogP contribution in [-0.4, -0.2) is 60.8 Å².